The van der Waals surface area contributed by atoms with E-state index in [4.69, 9.17) is 11.6 Å². The molecule has 4 aliphatic rings. The van der Waals surface area contributed by atoms with Crippen LogP contribution in [-0.4, -0.2) is 33.7 Å². The molecule has 0 spiro atoms. The van der Waals surface area contributed by atoms with Crippen LogP contribution >= 0.6 is 11.6 Å². The zero-order chi connectivity index (χ0) is 42.6. The number of hydrogen-bond donors (Lipinski definition) is 2. The fourth-order valence-electron chi connectivity index (χ4n) is 9.88. The second-order valence-corrected chi connectivity index (χ2v) is 15.8. The fourth-order valence-corrected chi connectivity index (χ4v) is 10.0. The van der Waals surface area contributed by atoms with E-state index in [0.717, 1.165) is 17.1 Å². The van der Waals surface area contributed by atoms with Crippen LogP contribution in [0.3, 0.4) is 0 Å². The molecule has 2 heterocycles. The van der Waals surface area contributed by atoms with Crippen LogP contribution in [-0.2, 0) is 36.9 Å². The Bertz CT molecular complexity index is 2650. The summed E-state index contributed by atoms with van der Waals surface area (Å²) in [7, 11) is 0. The maximum atomic E-state index is 15.4. The van der Waals surface area contributed by atoms with Gasteiger partial charge < -0.3 is 5.11 Å². The summed E-state index contributed by atoms with van der Waals surface area (Å²) in [5.74, 6) is -10.3. The number of carbonyl (C=O) groups excluding carboxylic acids is 4. The first-order valence-electron chi connectivity index (χ1n) is 18.7. The third-order valence-electron chi connectivity index (χ3n) is 12.3. The lowest BCUT2D eigenvalue weighted by Crippen LogP contribution is -2.53. The summed E-state index contributed by atoms with van der Waals surface area (Å²) in [5.41, 5.74) is -1.90. The van der Waals surface area contributed by atoms with Gasteiger partial charge in [0.2, 0.25) is 11.8 Å². The number of alkyl halides is 6. The van der Waals surface area contributed by atoms with Gasteiger partial charge >= 0.3 is 12.4 Å². The molecule has 2 aliphatic heterocycles. The maximum Gasteiger partial charge on any atom is 0.416 e. The molecular weight excluding hydrogens is 819 g/mol. The van der Waals surface area contributed by atoms with Crippen molar-refractivity contribution < 1.29 is 55.0 Å². The predicted molar refractivity (Wildman–Crippen MR) is 204 cm³/mol. The van der Waals surface area contributed by atoms with Crippen LogP contribution in [0.5, 0.6) is 5.75 Å². The standard InChI is InChI=1S/C44H29ClF7N3O5/c45-24-7-5-21(6-8-24)42-34(39(58)55(41(42)60)53-26-11-9-25(46)10-12-26)20-33-31(37(42)30-15-16-35(56)29-4-2-1-3-28(29)30)13-14-32-36(33)40(59)54(38(32)57)27-18-22(43(47,48)49)17-23(19-27)44(50,51)52/h1-13,15-19,32-34,36-37,53,56H,14,20H2/t32-,33+,34-,36-,37-,42+/m0/s1. The van der Waals surface area contributed by atoms with Crippen molar-refractivity contribution in [2.75, 3.05) is 10.3 Å². The van der Waals surface area contributed by atoms with Gasteiger partial charge in [0.15, 0.2) is 0 Å². The summed E-state index contributed by atoms with van der Waals surface area (Å²) in [6.45, 7) is 0. The lowest BCUT2D eigenvalue weighted by molar-refractivity contribution is -0.143. The zero-order valence-electron chi connectivity index (χ0n) is 30.7. The molecule has 8 nitrogen and oxygen atoms in total. The molecule has 306 valence electrons. The Balaban J connectivity index is 1.25. The number of hydrazine groups is 1. The maximum absolute atomic E-state index is 15.4. The van der Waals surface area contributed by atoms with Gasteiger partial charge in [-0.1, -0.05) is 65.7 Å². The molecule has 0 bridgehead atoms. The minimum Gasteiger partial charge on any atom is -0.507 e. The molecule has 2 N–H and O–H groups in total. The van der Waals surface area contributed by atoms with Crippen molar-refractivity contribution in [1.82, 2.24) is 5.01 Å². The number of benzene rings is 5. The van der Waals surface area contributed by atoms with E-state index in [1.54, 1.807) is 60.7 Å². The van der Waals surface area contributed by atoms with Gasteiger partial charge in [0, 0.05) is 16.3 Å². The highest BCUT2D eigenvalue weighted by atomic mass is 35.5. The lowest BCUT2D eigenvalue weighted by Gasteiger charge is -2.51. The average Bonchev–Trinajstić information content (AvgIpc) is 3.59. The van der Waals surface area contributed by atoms with Crippen molar-refractivity contribution in [3.05, 3.63) is 148 Å². The monoisotopic (exact) mass is 847 g/mol. The summed E-state index contributed by atoms with van der Waals surface area (Å²) in [6, 6.07) is 21.5. The van der Waals surface area contributed by atoms with Gasteiger partial charge in [-0.2, -0.15) is 31.4 Å². The number of hydrogen-bond acceptors (Lipinski definition) is 6. The van der Waals surface area contributed by atoms with Gasteiger partial charge in [0.1, 0.15) is 11.6 Å². The molecule has 16 heteroatoms. The van der Waals surface area contributed by atoms with E-state index in [0.29, 0.717) is 49.5 Å². The number of phenols is 1. The van der Waals surface area contributed by atoms with E-state index in [-0.39, 0.29) is 30.3 Å². The quantitative estimate of drug-likeness (QED) is 0.104. The second kappa shape index (κ2) is 13.7. The van der Waals surface area contributed by atoms with E-state index < -0.39 is 93.6 Å². The first-order valence-corrected chi connectivity index (χ1v) is 19.0. The number of imide groups is 2. The number of carbonyl (C=O) groups is 4. The van der Waals surface area contributed by atoms with Crippen LogP contribution in [0, 0.1) is 29.5 Å². The number of amides is 4. The van der Waals surface area contributed by atoms with Gasteiger partial charge in [-0.05, 0) is 95.9 Å². The van der Waals surface area contributed by atoms with Crippen LogP contribution in [0.25, 0.3) is 10.8 Å². The minimum atomic E-state index is -5.26. The first-order chi connectivity index (χ1) is 28.4. The van der Waals surface area contributed by atoms with Gasteiger partial charge in [-0.25, -0.2) is 9.29 Å². The Morgan fingerprint density at radius 1 is 0.733 bits per heavy atom. The number of fused-ring (bicyclic) bond motifs is 5. The fraction of sp³-hybridized carbons (Fsp3) is 0.227. The molecule has 2 aliphatic carbocycles. The number of rotatable bonds is 5. The minimum absolute atomic E-state index is 0.0975. The largest absolute Gasteiger partial charge is 0.507 e. The number of halogens is 8. The van der Waals surface area contributed by atoms with Crippen molar-refractivity contribution >= 4 is 57.4 Å². The molecule has 9 rings (SSSR count). The smallest absolute Gasteiger partial charge is 0.416 e. The number of phenolic OH excluding ortho intramolecular Hbond substituents is 1. The van der Waals surface area contributed by atoms with Crippen molar-refractivity contribution in [1.29, 1.82) is 0 Å². The molecule has 0 aromatic heterocycles. The molecular formula is C44H29ClF7N3O5. The molecule has 60 heavy (non-hydrogen) atoms. The molecule has 0 unspecified atom stereocenters. The van der Waals surface area contributed by atoms with Gasteiger partial charge in [-0.15, -0.1) is 0 Å². The van der Waals surface area contributed by atoms with Crippen LogP contribution in [0.4, 0.5) is 42.1 Å². The van der Waals surface area contributed by atoms with Crippen molar-refractivity contribution in [2.45, 2.75) is 36.5 Å². The molecule has 4 amide bonds. The molecule has 1 saturated carbocycles. The van der Waals surface area contributed by atoms with E-state index >= 15 is 4.79 Å². The lowest BCUT2D eigenvalue weighted by atomic mass is 9.49. The summed E-state index contributed by atoms with van der Waals surface area (Å²) >= 11 is 6.35. The average molecular weight is 848 g/mol. The summed E-state index contributed by atoms with van der Waals surface area (Å²) in [5, 5.41) is 13.0. The number of nitrogens with zero attached hydrogens (tertiary/aromatic N) is 2. The Hall–Kier alpha value is -6.22. The van der Waals surface area contributed by atoms with Crippen LogP contribution in [0.1, 0.15) is 41.0 Å². The zero-order valence-corrected chi connectivity index (χ0v) is 31.4. The Morgan fingerprint density at radius 2 is 1.37 bits per heavy atom. The van der Waals surface area contributed by atoms with Crippen LogP contribution in [0.15, 0.2) is 115 Å². The molecule has 3 fully saturated rings. The molecule has 5 aromatic carbocycles. The van der Waals surface area contributed by atoms with Crippen molar-refractivity contribution in [2.24, 2.45) is 23.7 Å². The Kier molecular flexibility index (Phi) is 8.94. The van der Waals surface area contributed by atoms with Crippen molar-refractivity contribution in [3.63, 3.8) is 0 Å². The van der Waals surface area contributed by atoms with Gasteiger partial charge in [-0.3, -0.25) is 24.6 Å². The van der Waals surface area contributed by atoms with E-state index in [9.17, 15) is 50.2 Å². The second-order valence-electron chi connectivity index (χ2n) is 15.4. The number of aromatic hydroxyl groups is 1. The molecule has 5 aromatic rings. The van der Waals surface area contributed by atoms with Gasteiger partial charge in [0.05, 0.1) is 45.7 Å². The van der Waals surface area contributed by atoms with Crippen molar-refractivity contribution in [3.8, 4) is 5.75 Å². The first kappa shape index (κ1) is 39.3. The topological polar surface area (TPSA) is 107 Å². The highest BCUT2D eigenvalue weighted by Gasteiger charge is 2.70. The normalized spacial score (nSPS) is 25.3. The molecule has 2 saturated heterocycles. The highest BCUT2D eigenvalue weighted by molar-refractivity contribution is 6.30. The van der Waals surface area contributed by atoms with E-state index in [2.05, 4.69) is 5.43 Å². The predicted octanol–water partition coefficient (Wildman–Crippen LogP) is 9.56. The van der Waals surface area contributed by atoms with E-state index in [1.807, 2.05) is 0 Å². The summed E-state index contributed by atoms with van der Waals surface area (Å²) in [6.07, 6.45) is -9.29. The Labute approximate surface area is 340 Å². The highest BCUT2D eigenvalue weighted by Crippen LogP contribution is 2.65. The Morgan fingerprint density at radius 3 is 2.00 bits per heavy atom. The number of nitrogens with one attached hydrogen (secondary N) is 1. The number of allylic oxidation sites excluding steroid dienone is 2. The SMILES string of the molecule is O=C1[C@@H]2C[C@@H]3C(=CC[C@@H]4C(=O)N(c5cc(C(F)(F)F)cc(C(F)(F)F)c5)C(=O)[C@@H]43)[C@H](c3ccc(O)c4ccccc34)[C@]2(c2ccc(Cl)cc2)C(=O)N1Nc1ccc(F)cc1. The third-order valence-corrected chi connectivity index (χ3v) is 12.6. The van der Waals surface area contributed by atoms with E-state index in [1.165, 1.54) is 18.2 Å². The molecule has 0 radical (unpaired) electrons. The third kappa shape index (κ3) is 5.87. The number of anilines is 2. The summed E-state index contributed by atoms with van der Waals surface area (Å²) in [4.78, 5) is 59.5. The van der Waals surface area contributed by atoms with Gasteiger partial charge in [0.25, 0.3) is 11.8 Å². The summed E-state index contributed by atoms with van der Waals surface area (Å²) < 4.78 is 97.8. The van der Waals surface area contributed by atoms with Crippen LogP contribution in [0.2, 0.25) is 5.02 Å². The molecule has 6 atom stereocenters. The van der Waals surface area contributed by atoms with Crippen LogP contribution < -0.4 is 10.3 Å².